The molecular weight excluding hydrogens is 584 g/mol. The number of aliphatic imine (C=N–C) groups is 1. The molecule has 1 amide bonds. The molecule has 2 aromatic carbocycles. The van der Waals surface area contributed by atoms with Crippen LogP contribution in [0.15, 0.2) is 58.4 Å². The van der Waals surface area contributed by atoms with Crippen molar-refractivity contribution in [3.8, 4) is 11.3 Å². The van der Waals surface area contributed by atoms with Gasteiger partial charge < -0.3 is 16.4 Å². The lowest BCUT2D eigenvalue weighted by atomic mass is 10.1. The number of halogens is 6. The van der Waals surface area contributed by atoms with E-state index in [9.17, 15) is 35.9 Å². The van der Waals surface area contributed by atoms with Crippen LogP contribution in [-0.2, 0) is 28.9 Å². The fourth-order valence-electron chi connectivity index (χ4n) is 4.04. The fourth-order valence-corrected chi connectivity index (χ4v) is 4.04. The highest BCUT2D eigenvalue weighted by Crippen LogP contribution is 2.37. The van der Waals surface area contributed by atoms with Gasteiger partial charge in [-0.05, 0) is 44.5 Å². The van der Waals surface area contributed by atoms with E-state index in [-0.39, 0.29) is 41.2 Å². The lowest BCUT2D eigenvalue weighted by Crippen LogP contribution is -2.42. The maximum Gasteiger partial charge on any atom is 0.440 e. The summed E-state index contributed by atoms with van der Waals surface area (Å²) < 4.78 is 80.8. The van der Waals surface area contributed by atoms with Gasteiger partial charge in [-0.1, -0.05) is 24.3 Å². The first-order valence-electron chi connectivity index (χ1n) is 12.8. The Bertz CT molecular complexity index is 1600. The Labute approximate surface area is 240 Å². The summed E-state index contributed by atoms with van der Waals surface area (Å²) in [5, 5.41) is 5.46. The second-order valence-corrected chi connectivity index (χ2v) is 10.1. The molecule has 1 aliphatic heterocycles. The molecule has 230 valence electrons. The number of nitrogens with one attached hydrogen (secondary N) is 3. The zero-order valence-electron chi connectivity index (χ0n) is 23.0. The van der Waals surface area contributed by atoms with Crippen molar-refractivity contribution in [1.82, 2.24) is 20.3 Å². The van der Waals surface area contributed by atoms with E-state index in [4.69, 9.17) is 5.73 Å². The summed E-state index contributed by atoms with van der Waals surface area (Å²) >= 11 is 0. The maximum absolute atomic E-state index is 13.4. The van der Waals surface area contributed by atoms with E-state index in [1.165, 1.54) is 24.4 Å². The van der Waals surface area contributed by atoms with Crippen molar-refractivity contribution in [2.24, 2.45) is 4.99 Å². The van der Waals surface area contributed by atoms with Gasteiger partial charge in [-0.2, -0.15) is 26.3 Å². The summed E-state index contributed by atoms with van der Waals surface area (Å²) in [6.07, 6.45) is -8.26. The van der Waals surface area contributed by atoms with E-state index in [1.807, 2.05) is 0 Å². The van der Waals surface area contributed by atoms with Crippen LogP contribution in [0, 0.1) is 0 Å². The molecule has 4 rings (SSSR count). The predicted octanol–water partition coefficient (Wildman–Crippen LogP) is 4.21. The molecule has 5 N–H and O–H groups in total. The average Bonchev–Trinajstić information content (AvgIpc) is 3.32. The third-order valence-corrected chi connectivity index (χ3v) is 6.27. The van der Waals surface area contributed by atoms with Gasteiger partial charge in [-0.3, -0.25) is 14.2 Å². The Balaban J connectivity index is 1.55. The van der Waals surface area contributed by atoms with Crippen molar-refractivity contribution in [2.75, 3.05) is 11.1 Å². The molecule has 1 aliphatic rings. The van der Waals surface area contributed by atoms with Crippen LogP contribution >= 0.6 is 0 Å². The minimum atomic E-state index is -4.73. The number of anilines is 2. The van der Waals surface area contributed by atoms with Crippen LogP contribution in [-0.4, -0.2) is 39.2 Å². The largest absolute Gasteiger partial charge is 0.440 e. The standard InChI is InChI=1S/C27H27F6N7O3/c1-14(2)37-23-24(42)40(20(12-36-23)17-8-18(26(28,29)30)10-19(34)9-17)13-21(41)35-11-15-4-6-16(7-5-15)22-38-25(3,43-39-22)27(31,32)33/h4-10,12,14H,11,13,34H2,1-3H3,(H,35,41)(H,36,37)(H,38,39). The highest BCUT2D eigenvalue weighted by molar-refractivity contribution is 5.99. The number of hydrogen-bond acceptors (Lipinski definition) is 8. The molecule has 0 aliphatic carbocycles. The van der Waals surface area contributed by atoms with E-state index in [2.05, 4.69) is 30.9 Å². The lowest BCUT2D eigenvalue weighted by molar-refractivity contribution is -0.270. The van der Waals surface area contributed by atoms with E-state index in [0.29, 0.717) is 11.1 Å². The molecule has 0 fully saturated rings. The molecule has 16 heteroatoms. The average molecular weight is 612 g/mol. The summed E-state index contributed by atoms with van der Waals surface area (Å²) in [6, 6.07) is 8.64. The topological polar surface area (TPSA) is 136 Å². The number of carbonyl (C=O) groups excluding carboxylic acids is 1. The number of amidine groups is 1. The summed E-state index contributed by atoms with van der Waals surface area (Å²) in [4.78, 5) is 38.4. The summed E-state index contributed by atoms with van der Waals surface area (Å²) in [5.74, 6) is -0.873. The van der Waals surface area contributed by atoms with Gasteiger partial charge in [0, 0.05) is 29.4 Å². The smallest absolute Gasteiger partial charge is 0.399 e. The van der Waals surface area contributed by atoms with Crippen molar-refractivity contribution in [3.63, 3.8) is 0 Å². The van der Waals surface area contributed by atoms with Crippen LogP contribution in [0.5, 0.6) is 0 Å². The number of amides is 1. The number of aromatic nitrogens is 2. The minimum Gasteiger partial charge on any atom is -0.399 e. The molecule has 1 unspecified atom stereocenters. The predicted molar refractivity (Wildman–Crippen MR) is 146 cm³/mol. The van der Waals surface area contributed by atoms with Crippen molar-refractivity contribution in [2.45, 2.75) is 58.0 Å². The van der Waals surface area contributed by atoms with E-state index in [1.54, 1.807) is 26.0 Å². The van der Waals surface area contributed by atoms with Crippen LogP contribution < -0.4 is 27.4 Å². The normalized spacial score (nSPS) is 17.0. The van der Waals surface area contributed by atoms with Crippen molar-refractivity contribution < 1.29 is 36.0 Å². The zero-order valence-corrected chi connectivity index (χ0v) is 23.0. The Morgan fingerprint density at radius 1 is 1.09 bits per heavy atom. The van der Waals surface area contributed by atoms with Crippen molar-refractivity contribution in [1.29, 1.82) is 0 Å². The minimum absolute atomic E-state index is 0.0292. The molecule has 0 saturated heterocycles. The van der Waals surface area contributed by atoms with Gasteiger partial charge in [-0.25, -0.2) is 20.3 Å². The molecule has 43 heavy (non-hydrogen) atoms. The van der Waals surface area contributed by atoms with Crippen LogP contribution in [0.3, 0.4) is 0 Å². The number of hydroxylamine groups is 1. The first-order chi connectivity index (χ1) is 20.0. The molecule has 0 saturated carbocycles. The molecule has 0 spiro atoms. The summed E-state index contributed by atoms with van der Waals surface area (Å²) in [5.41, 5.74) is 3.91. The maximum atomic E-state index is 13.4. The van der Waals surface area contributed by atoms with Crippen LogP contribution in [0.4, 0.5) is 37.8 Å². The van der Waals surface area contributed by atoms with Crippen LogP contribution in [0.2, 0.25) is 0 Å². The van der Waals surface area contributed by atoms with E-state index >= 15 is 0 Å². The highest BCUT2D eigenvalue weighted by atomic mass is 19.4. The molecule has 1 aromatic heterocycles. The second-order valence-electron chi connectivity index (χ2n) is 10.1. The highest BCUT2D eigenvalue weighted by Gasteiger charge is 2.56. The fraction of sp³-hybridized carbons (Fsp3) is 0.333. The van der Waals surface area contributed by atoms with Crippen molar-refractivity contribution in [3.05, 3.63) is 75.7 Å². The van der Waals surface area contributed by atoms with Crippen LogP contribution in [0.25, 0.3) is 11.3 Å². The number of carbonyl (C=O) groups is 1. The number of nitrogen functional groups attached to an aromatic ring is 1. The monoisotopic (exact) mass is 611 g/mol. The number of alkyl halides is 6. The lowest BCUT2D eigenvalue weighted by Gasteiger charge is -2.21. The number of rotatable bonds is 8. The molecule has 0 radical (unpaired) electrons. The van der Waals surface area contributed by atoms with Gasteiger partial charge in [0.05, 0.1) is 17.5 Å². The Hall–Kier alpha value is -4.60. The third kappa shape index (κ3) is 7.07. The van der Waals surface area contributed by atoms with Gasteiger partial charge in [0.1, 0.15) is 6.54 Å². The Morgan fingerprint density at radius 3 is 2.35 bits per heavy atom. The zero-order chi connectivity index (χ0) is 31.7. The first-order valence-corrected chi connectivity index (χ1v) is 12.8. The van der Waals surface area contributed by atoms with Gasteiger partial charge >= 0.3 is 12.4 Å². The second kappa shape index (κ2) is 11.6. The van der Waals surface area contributed by atoms with Crippen LogP contribution in [0.1, 0.15) is 37.5 Å². The summed E-state index contributed by atoms with van der Waals surface area (Å²) in [7, 11) is 0. The molecular formula is C27H27F6N7O3. The number of hydrogen-bond donors (Lipinski definition) is 4. The van der Waals surface area contributed by atoms with Gasteiger partial charge in [0.2, 0.25) is 5.91 Å². The third-order valence-electron chi connectivity index (χ3n) is 6.27. The number of benzene rings is 2. The number of nitrogens with two attached hydrogens (primary N) is 1. The molecule has 2 heterocycles. The molecule has 1 atom stereocenters. The van der Waals surface area contributed by atoms with E-state index < -0.39 is 41.7 Å². The Kier molecular flexibility index (Phi) is 8.44. The van der Waals surface area contributed by atoms with Gasteiger partial charge in [0.15, 0.2) is 11.7 Å². The van der Waals surface area contributed by atoms with Gasteiger partial charge in [-0.15, -0.1) is 0 Å². The van der Waals surface area contributed by atoms with Crippen molar-refractivity contribution >= 4 is 23.2 Å². The van der Waals surface area contributed by atoms with E-state index in [0.717, 1.165) is 23.6 Å². The molecule has 3 aromatic rings. The number of nitrogens with zero attached hydrogens (tertiary/aromatic N) is 3. The molecule has 10 nitrogen and oxygen atoms in total. The molecule has 0 bridgehead atoms. The summed E-state index contributed by atoms with van der Waals surface area (Å²) in [6.45, 7) is 3.69. The Morgan fingerprint density at radius 2 is 1.77 bits per heavy atom. The first kappa shape index (κ1) is 31.3. The quantitative estimate of drug-likeness (QED) is 0.221. The van der Waals surface area contributed by atoms with Gasteiger partial charge in [0.25, 0.3) is 11.3 Å². The SMILES string of the molecule is CC(C)Nc1ncc(-c2cc(N)cc(C(F)(F)F)c2)n(CC(=O)NCc2ccc(C3=NC(C)(C(F)(F)F)ON3)cc2)c1=O.